The molecule has 8 amide bonds. The van der Waals surface area contributed by atoms with Crippen LogP contribution in [0.5, 0.6) is 5.75 Å². The van der Waals surface area contributed by atoms with E-state index in [0.29, 0.717) is 22.4 Å². The van der Waals surface area contributed by atoms with Gasteiger partial charge in [-0.05, 0) is 66.0 Å². The van der Waals surface area contributed by atoms with Crippen molar-refractivity contribution >= 4 is 76.8 Å². The number of primary amides is 2. The molecule has 0 saturated carbocycles. The van der Waals surface area contributed by atoms with E-state index in [9.17, 15) is 48.3 Å². The third-order valence-electron chi connectivity index (χ3n) is 12.6. The van der Waals surface area contributed by atoms with Crippen molar-refractivity contribution in [1.82, 2.24) is 46.9 Å². The molecule has 0 bridgehead atoms. The number of hydrogen-bond acceptors (Lipinski definition) is 14. The highest BCUT2D eigenvalue weighted by molar-refractivity contribution is 7.80. The van der Waals surface area contributed by atoms with Gasteiger partial charge in [0.25, 0.3) is 5.91 Å². The quantitative estimate of drug-likeness (QED) is 0.0219. The van der Waals surface area contributed by atoms with Crippen LogP contribution in [0.1, 0.15) is 69.3 Å². The van der Waals surface area contributed by atoms with Crippen LogP contribution in [-0.4, -0.2) is 127 Å². The Bertz CT molecular complexity index is 2850. The molecule has 2 heterocycles. The highest BCUT2D eigenvalue weighted by Gasteiger charge is 2.36. The zero-order valence-corrected chi connectivity index (χ0v) is 44.7. The third kappa shape index (κ3) is 18.5. The fourth-order valence-electron chi connectivity index (χ4n) is 8.39. The molecule has 2 aromatic heterocycles. The first-order chi connectivity index (χ1) is 37.1. The number of phenols is 1. The number of nitrogens with zero attached hydrogens (tertiary/aromatic N) is 1. The molecule has 15 N–H and O–H groups in total. The van der Waals surface area contributed by atoms with E-state index >= 15 is 0 Å². The molecule has 0 spiro atoms. The SMILES string of the molecule is CC(C)C[C@H](NC(=O)[C@H](Cc1ccccc1)NC(=O)[C@@H](NC(=O)[C@H](Cc1cnc[nH]1)NC(=O)[C@H](CCC(N)=O)NC(=O)[C@@H](N)Cc1ccc(O)cc1)C(C)C)C(=O)N[C@@H](Cc1c[nH]c2ccccc12)C(=O)OC(CS)C(N)=O. The zero-order valence-electron chi connectivity index (χ0n) is 43.8. The number of aromatic hydroxyl groups is 1. The molecule has 8 atom stereocenters. The van der Waals surface area contributed by atoms with Gasteiger partial charge in [-0.15, -0.1) is 0 Å². The van der Waals surface area contributed by atoms with E-state index in [1.165, 1.54) is 24.7 Å². The molecular weight excluding hydrogens is 1020 g/mol. The summed E-state index contributed by atoms with van der Waals surface area (Å²) < 4.78 is 5.43. The molecular formula is C54H70N12O11S. The van der Waals surface area contributed by atoms with Crippen molar-refractivity contribution in [2.75, 3.05) is 5.75 Å². The van der Waals surface area contributed by atoms with Crippen LogP contribution in [0.15, 0.2) is 97.6 Å². The molecule has 5 rings (SSSR count). The molecule has 0 aliphatic carbocycles. The Morgan fingerprint density at radius 3 is 1.85 bits per heavy atom. The maximum Gasteiger partial charge on any atom is 0.329 e. The Morgan fingerprint density at radius 1 is 0.641 bits per heavy atom. The molecule has 5 aromatic rings. The molecule has 1 unspecified atom stereocenters. The zero-order chi connectivity index (χ0) is 57.1. The minimum Gasteiger partial charge on any atom is -0.508 e. The number of esters is 1. The number of imidazole rings is 1. The number of nitrogens with two attached hydrogens (primary N) is 3. The number of thiol groups is 1. The van der Waals surface area contributed by atoms with Gasteiger partial charge < -0.3 is 68.9 Å². The number of phenolic OH excluding ortho intramolecular Hbond substituents is 1. The smallest absolute Gasteiger partial charge is 0.329 e. The van der Waals surface area contributed by atoms with Crippen LogP contribution in [-0.2, 0) is 73.6 Å². The Balaban J connectivity index is 1.37. The van der Waals surface area contributed by atoms with E-state index < -0.39 is 108 Å². The number of H-pyrrole nitrogens is 2. The van der Waals surface area contributed by atoms with E-state index in [4.69, 9.17) is 21.9 Å². The second-order valence-corrected chi connectivity index (χ2v) is 20.1. The summed E-state index contributed by atoms with van der Waals surface area (Å²) in [6, 6.07) is 12.7. The number of amides is 8. The predicted octanol–water partition coefficient (Wildman–Crippen LogP) is 0.398. The lowest BCUT2D eigenvalue weighted by Crippen LogP contribution is -2.61. The standard InChI is InChI=1S/C54H70N12O11S/c1-29(2)20-40(50(72)65-43(54(76)77-44(27-78)47(57)69)23-33-25-59-38-13-9-8-12-36(33)38)62-51(73)41(22-31-10-6-5-7-11-31)64-53(75)46(30(3)4)66-52(74)42(24-34-26-58-28-60-34)63-49(71)39(18-19-45(56)68)61-48(70)37(55)21-32-14-16-35(67)17-15-32/h5-17,25-26,28-30,37,39-44,46,59,67,78H,18-24,27,55H2,1-4H3,(H2,56,68)(H2,57,69)(H,58,60)(H,61,70)(H,62,73)(H,63,71)(H,64,75)(H,65,72)(H,66,74)/t37-,39-,40-,41-,42-,43-,44?,46-/m0/s1. The number of hydrogen-bond donors (Lipinski definition) is 13. The summed E-state index contributed by atoms with van der Waals surface area (Å²) in [6.45, 7) is 6.95. The van der Waals surface area contributed by atoms with Crippen LogP contribution in [0.25, 0.3) is 10.9 Å². The summed E-state index contributed by atoms with van der Waals surface area (Å²) in [4.78, 5) is 133. The van der Waals surface area contributed by atoms with Gasteiger partial charge in [0, 0.05) is 60.4 Å². The van der Waals surface area contributed by atoms with Crippen LogP contribution in [0.2, 0.25) is 0 Å². The average Bonchev–Trinajstić information content (AvgIpc) is 4.08. The van der Waals surface area contributed by atoms with E-state index in [0.717, 1.165) is 10.9 Å². The largest absolute Gasteiger partial charge is 0.508 e. The van der Waals surface area contributed by atoms with Crippen LogP contribution in [0.3, 0.4) is 0 Å². The molecule has 3 aromatic carbocycles. The van der Waals surface area contributed by atoms with Crippen molar-refractivity contribution in [3.05, 3.63) is 120 Å². The number of ether oxygens (including phenoxy) is 1. The van der Waals surface area contributed by atoms with Crippen molar-refractivity contribution in [3.8, 4) is 5.75 Å². The lowest BCUT2D eigenvalue weighted by Gasteiger charge is -2.29. The first-order valence-corrected chi connectivity index (χ1v) is 26.1. The number of carbonyl (C=O) groups excluding carboxylic acids is 9. The van der Waals surface area contributed by atoms with Crippen LogP contribution >= 0.6 is 12.6 Å². The Labute approximate surface area is 456 Å². The summed E-state index contributed by atoms with van der Waals surface area (Å²) in [6.07, 6.45) is 2.25. The minimum atomic E-state index is -1.42. The lowest BCUT2D eigenvalue weighted by molar-refractivity contribution is -0.156. The first-order valence-electron chi connectivity index (χ1n) is 25.4. The van der Waals surface area contributed by atoms with Gasteiger partial charge in [-0.2, -0.15) is 12.6 Å². The van der Waals surface area contributed by atoms with Crippen molar-refractivity contribution in [1.29, 1.82) is 0 Å². The molecule has 0 radical (unpaired) electrons. The fraction of sp³-hybridized carbons (Fsp3) is 0.407. The lowest BCUT2D eigenvalue weighted by atomic mass is 9.98. The normalized spacial score (nSPS) is 14.4. The monoisotopic (exact) mass is 1090 g/mol. The van der Waals surface area contributed by atoms with Crippen molar-refractivity contribution in [2.24, 2.45) is 29.0 Å². The van der Waals surface area contributed by atoms with Crippen LogP contribution < -0.4 is 49.1 Å². The topological polar surface area (TPSA) is 378 Å². The van der Waals surface area contributed by atoms with E-state index in [-0.39, 0.29) is 62.4 Å². The average molecular weight is 1100 g/mol. The molecule has 0 aliphatic heterocycles. The number of aromatic amines is 2. The molecule has 23 nitrogen and oxygen atoms in total. The number of nitrogens with one attached hydrogen (secondary N) is 8. The van der Waals surface area contributed by atoms with Gasteiger partial charge in [0.05, 0.1) is 12.4 Å². The second-order valence-electron chi connectivity index (χ2n) is 19.7. The maximum atomic E-state index is 14.6. The molecule has 24 heteroatoms. The number of carbonyl (C=O) groups is 9. The van der Waals surface area contributed by atoms with Crippen molar-refractivity contribution in [3.63, 3.8) is 0 Å². The number of rotatable bonds is 30. The predicted molar refractivity (Wildman–Crippen MR) is 291 cm³/mol. The van der Waals surface area contributed by atoms with Gasteiger partial charge in [-0.3, -0.25) is 38.4 Å². The minimum absolute atomic E-state index is 0.0130. The van der Waals surface area contributed by atoms with E-state index in [1.54, 1.807) is 62.5 Å². The number of benzene rings is 3. The number of aromatic nitrogens is 3. The molecule has 0 fully saturated rings. The van der Waals surface area contributed by atoms with Gasteiger partial charge in [-0.25, -0.2) is 9.78 Å². The molecule has 78 heavy (non-hydrogen) atoms. The maximum absolute atomic E-state index is 14.6. The summed E-state index contributed by atoms with van der Waals surface area (Å²) in [5, 5.41) is 26.6. The van der Waals surface area contributed by atoms with Gasteiger partial charge in [0.1, 0.15) is 42.0 Å². The van der Waals surface area contributed by atoms with Crippen LogP contribution in [0.4, 0.5) is 0 Å². The van der Waals surface area contributed by atoms with Crippen LogP contribution in [0, 0.1) is 11.8 Å². The Kier molecular flexibility index (Phi) is 22.8. The Hall–Kier alpha value is -8.25. The molecule has 418 valence electrons. The van der Waals surface area contributed by atoms with Gasteiger partial charge in [0.15, 0.2) is 6.10 Å². The third-order valence-corrected chi connectivity index (χ3v) is 12.9. The summed E-state index contributed by atoms with van der Waals surface area (Å²) in [5.74, 6) is -8.51. The van der Waals surface area contributed by atoms with Crippen molar-refractivity contribution < 1.29 is 53.0 Å². The number of fused-ring (bicyclic) bond motifs is 1. The summed E-state index contributed by atoms with van der Waals surface area (Å²) >= 11 is 4.09. The second kappa shape index (κ2) is 29.3. The van der Waals surface area contributed by atoms with Gasteiger partial charge in [0.2, 0.25) is 41.4 Å². The molecule has 0 aliphatic rings. The summed E-state index contributed by atoms with van der Waals surface area (Å²) in [5.41, 5.74) is 20.1. The van der Waals surface area contributed by atoms with E-state index in [2.05, 4.69) is 59.5 Å². The fourth-order valence-corrected chi connectivity index (χ4v) is 8.64. The van der Waals surface area contributed by atoms with Crippen molar-refractivity contribution in [2.45, 2.75) is 121 Å². The molecule has 0 saturated heterocycles. The number of para-hydroxylation sites is 1. The first kappa shape index (κ1) is 60.6. The summed E-state index contributed by atoms with van der Waals surface area (Å²) in [7, 11) is 0. The Morgan fingerprint density at radius 2 is 1.22 bits per heavy atom. The highest BCUT2D eigenvalue weighted by Crippen LogP contribution is 2.21. The van der Waals surface area contributed by atoms with Gasteiger partial charge in [-0.1, -0.05) is 88.4 Å². The highest BCUT2D eigenvalue weighted by atomic mass is 32.1. The van der Waals surface area contributed by atoms with E-state index in [1.807, 2.05) is 38.1 Å². The van der Waals surface area contributed by atoms with Gasteiger partial charge >= 0.3 is 5.97 Å².